The Hall–Kier alpha value is -2.17. The number of nitrogens with one attached hydrogen (secondary N) is 1. The Labute approximate surface area is 138 Å². The highest BCUT2D eigenvalue weighted by Gasteiger charge is 2.04. The van der Waals surface area contributed by atoms with E-state index in [1.54, 1.807) is 12.3 Å². The lowest BCUT2D eigenvalue weighted by molar-refractivity contribution is 1.02. The third-order valence-electron chi connectivity index (χ3n) is 3.12. The number of benzene rings is 1. The maximum absolute atomic E-state index is 5.96. The molecule has 3 rings (SSSR count). The summed E-state index contributed by atoms with van der Waals surface area (Å²) in [6.07, 6.45) is 1.78. The second-order valence-corrected chi connectivity index (χ2v) is 5.38. The first-order valence-electron chi connectivity index (χ1n) is 6.65. The van der Waals surface area contributed by atoms with E-state index in [2.05, 4.69) is 20.5 Å². The van der Waals surface area contributed by atoms with E-state index >= 15 is 0 Å². The summed E-state index contributed by atoms with van der Waals surface area (Å²) in [5.41, 5.74) is 3.81. The summed E-state index contributed by atoms with van der Waals surface area (Å²) in [6.45, 7) is 0.615. The highest BCUT2D eigenvalue weighted by molar-refractivity contribution is 6.33. The van der Waals surface area contributed by atoms with Crippen molar-refractivity contribution in [1.82, 2.24) is 15.2 Å². The first-order chi connectivity index (χ1) is 10.7. The van der Waals surface area contributed by atoms with Crippen LogP contribution in [0.4, 0.5) is 5.69 Å². The van der Waals surface area contributed by atoms with E-state index in [0.717, 1.165) is 16.8 Å². The van der Waals surface area contributed by atoms with Crippen molar-refractivity contribution in [3.63, 3.8) is 0 Å². The zero-order valence-electron chi connectivity index (χ0n) is 11.5. The van der Waals surface area contributed by atoms with Gasteiger partial charge in [-0.15, -0.1) is 10.2 Å². The molecule has 22 heavy (non-hydrogen) atoms. The predicted octanol–water partition coefficient (Wildman–Crippen LogP) is 4.46. The van der Waals surface area contributed by atoms with Crippen molar-refractivity contribution in [2.75, 3.05) is 5.32 Å². The first-order valence-corrected chi connectivity index (χ1v) is 7.41. The van der Waals surface area contributed by atoms with Gasteiger partial charge in [-0.2, -0.15) is 0 Å². The van der Waals surface area contributed by atoms with Gasteiger partial charge in [0.25, 0.3) is 0 Å². The largest absolute Gasteiger partial charge is 0.378 e. The molecule has 2 aromatic heterocycles. The number of anilines is 1. The molecule has 0 atom stereocenters. The number of halogens is 2. The zero-order valence-corrected chi connectivity index (χ0v) is 13.0. The van der Waals surface area contributed by atoms with Crippen molar-refractivity contribution in [2.45, 2.75) is 6.54 Å². The van der Waals surface area contributed by atoms with Gasteiger partial charge >= 0.3 is 0 Å². The summed E-state index contributed by atoms with van der Waals surface area (Å²) in [7, 11) is 0. The molecule has 0 saturated heterocycles. The lowest BCUT2D eigenvalue weighted by Crippen LogP contribution is -2.01. The monoisotopic (exact) mass is 330 g/mol. The molecule has 0 fully saturated rings. The minimum absolute atomic E-state index is 0.300. The van der Waals surface area contributed by atoms with E-state index in [-0.39, 0.29) is 0 Å². The number of aromatic nitrogens is 3. The first kappa shape index (κ1) is 14.8. The Bertz CT molecular complexity index is 761. The van der Waals surface area contributed by atoms with Crippen molar-refractivity contribution in [3.8, 4) is 11.3 Å². The molecule has 1 N–H and O–H groups in total. The summed E-state index contributed by atoms with van der Waals surface area (Å²) in [5, 5.41) is 11.2. The smallest absolute Gasteiger partial charge is 0.174 e. The summed E-state index contributed by atoms with van der Waals surface area (Å²) in [4.78, 5) is 4.33. The minimum atomic E-state index is 0.300. The summed E-state index contributed by atoms with van der Waals surface area (Å²) < 4.78 is 0. The lowest BCUT2D eigenvalue weighted by Gasteiger charge is -2.08. The molecule has 0 aliphatic rings. The van der Waals surface area contributed by atoms with Crippen LogP contribution in [0.1, 0.15) is 5.56 Å². The second kappa shape index (κ2) is 6.73. The van der Waals surface area contributed by atoms with Crippen LogP contribution < -0.4 is 5.32 Å². The maximum atomic E-state index is 5.96. The van der Waals surface area contributed by atoms with Gasteiger partial charge < -0.3 is 5.32 Å². The molecule has 0 unspecified atom stereocenters. The number of hydrogen-bond acceptors (Lipinski definition) is 4. The van der Waals surface area contributed by atoms with Gasteiger partial charge in [0.1, 0.15) is 0 Å². The highest BCUT2D eigenvalue weighted by atomic mass is 35.5. The van der Waals surface area contributed by atoms with Crippen LogP contribution in [-0.2, 0) is 6.54 Å². The van der Waals surface area contributed by atoms with Gasteiger partial charge in [0.2, 0.25) is 0 Å². The van der Waals surface area contributed by atoms with E-state index < -0.39 is 0 Å². The Balaban J connectivity index is 1.70. The van der Waals surface area contributed by atoms with Crippen molar-refractivity contribution < 1.29 is 0 Å². The number of pyridine rings is 1. The van der Waals surface area contributed by atoms with Crippen molar-refractivity contribution in [3.05, 3.63) is 70.6 Å². The molecule has 6 heteroatoms. The molecule has 0 bridgehead atoms. The van der Waals surface area contributed by atoms with Crippen LogP contribution in [0.3, 0.4) is 0 Å². The van der Waals surface area contributed by atoms with Crippen molar-refractivity contribution in [1.29, 1.82) is 0 Å². The van der Waals surface area contributed by atoms with Crippen LogP contribution >= 0.6 is 23.2 Å². The maximum Gasteiger partial charge on any atom is 0.174 e. The Morgan fingerprint density at radius 1 is 0.955 bits per heavy atom. The highest BCUT2D eigenvalue weighted by Crippen LogP contribution is 2.22. The van der Waals surface area contributed by atoms with Gasteiger partial charge in [-0.3, -0.25) is 4.98 Å². The van der Waals surface area contributed by atoms with Crippen molar-refractivity contribution >= 4 is 28.9 Å². The molecule has 0 spiro atoms. The molecule has 0 saturated carbocycles. The second-order valence-electron chi connectivity index (χ2n) is 4.64. The molecule has 4 nitrogen and oxygen atoms in total. The van der Waals surface area contributed by atoms with Crippen LogP contribution in [0.5, 0.6) is 0 Å². The molecule has 110 valence electrons. The fourth-order valence-electron chi connectivity index (χ4n) is 2.00. The quantitative estimate of drug-likeness (QED) is 0.767. The topological polar surface area (TPSA) is 50.7 Å². The van der Waals surface area contributed by atoms with E-state index in [4.69, 9.17) is 23.2 Å². The lowest BCUT2D eigenvalue weighted by atomic mass is 10.1. The van der Waals surface area contributed by atoms with Gasteiger partial charge in [-0.25, -0.2) is 0 Å². The summed E-state index contributed by atoms with van der Waals surface area (Å²) >= 11 is 11.8. The average molecular weight is 331 g/mol. The molecular formula is C16H12Cl2N4. The molecule has 1 aromatic carbocycles. The average Bonchev–Trinajstić information content (AvgIpc) is 2.57. The minimum Gasteiger partial charge on any atom is -0.378 e. The SMILES string of the molecule is Clc1cc(NCc2ccc(-c3ccccn3)cc2)c(Cl)nn1. The van der Waals surface area contributed by atoms with Crippen LogP contribution in [0, 0.1) is 0 Å². The molecular weight excluding hydrogens is 319 g/mol. The molecule has 0 radical (unpaired) electrons. The normalized spacial score (nSPS) is 10.5. The van der Waals surface area contributed by atoms with Crippen LogP contribution in [-0.4, -0.2) is 15.2 Å². The molecule has 0 aliphatic carbocycles. The van der Waals surface area contributed by atoms with E-state index in [9.17, 15) is 0 Å². The number of hydrogen-bond donors (Lipinski definition) is 1. The third-order valence-corrected chi connectivity index (χ3v) is 3.58. The van der Waals surface area contributed by atoms with Gasteiger partial charge in [0.05, 0.1) is 11.4 Å². The van der Waals surface area contributed by atoms with Crippen LogP contribution in [0.15, 0.2) is 54.7 Å². The summed E-state index contributed by atoms with van der Waals surface area (Å²) in [6, 6.07) is 15.7. The van der Waals surface area contributed by atoms with Gasteiger partial charge in [-0.1, -0.05) is 53.5 Å². The van der Waals surface area contributed by atoms with Gasteiger partial charge in [0.15, 0.2) is 10.3 Å². The molecule has 0 amide bonds. The van der Waals surface area contributed by atoms with E-state index in [1.165, 1.54) is 0 Å². The standard InChI is InChI=1S/C16H12Cl2N4/c17-15-9-14(16(18)22-21-15)20-10-11-4-6-12(7-5-11)13-3-1-2-8-19-13/h1-9H,10H2,(H,20,21). The van der Waals surface area contributed by atoms with Gasteiger partial charge in [-0.05, 0) is 17.7 Å². The third kappa shape index (κ3) is 3.53. The zero-order chi connectivity index (χ0) is 15.4. The fraction of sp³-hybridized carbons (Fsp3) is 0.0625. The summed E-state index contributed by atoms with van der Waals surface area (Å²) in [5.74, 6) is 0. The Morgan fingerprint density at radius 2 is 1.77 bits per heavy atom. The van der Waals surface area contributed by atoms with Gasteiger partial charge in [0, 0.05) is 24.4 Å². The molecule has 2 heterocycles. The molecule has 0 aliphatic heterocycles. The molecule has 3 aromatic rings. The fourth-order valence-corrected chi connectivity index (χ4v) is 2.31. The number of nitrogens with zero attached hydrogens (tertiary/aromatic N) is 3. The number of rotatable bonds is 4. The van der Waals surface area contributed by atoms with Crippen LogP contribution in [0.2, 0.25) is 10.3 Å². The van der Waals surface area contributed by atoms with E-state index in [1.807, 2.05) is 42.5 Å². The Morgan fingerprint density at radius 3 is 2.50 bits per heavy atom. The van der Waals surface area contributed by atoms with E-state index in [0.29, 0.717) is 22.5 Å². The predicted molar refractivity (Wildman–Crippen MR) is 89.1 cm³/mol. The Kier molecular flexibility index (Phi) is 4.51. The van der Waals surface area contributed by atoms with Crippen molar-refractivity contribution in [2.24, 2.45) is 0 Å². The van der Waals surface area contributed by atoms with Crippen LogP contribution in [0.25, 0.3) is 11.3 Å².